The van der Waals surface area contributed by atoms with E-state index in [0.717, 1.165) is 24.8 Å². The molecule has 22 heavy (non-hydrogen) atoms. The molecule has 0 aliphatic heterocycles. The van der Waals surface area contributed by atoms with E-state index in [1.54, 1.807) is 7.11 Å². The number of nitrogens with one attached hydrogen (secondary N) is 1. The minimum atomic E-state index is 0. The third-order valence-corrected chi connectivity index (χ3v) is 3.66. The topological polar surface area (TPSA) is 36.9 Å². The van der Waals surface area contributed by atoms with Gasteiger partial charge in [-0.05, 0) is 18.1 Å². The Balaban J connectivity index is 0.00000441. The normalized spacial score (nSPS) is 12.3. The maximum atomic E-state index is 5.43. The quantitative estimate of drug-likeness (QED) is 0.416. The second-order valence-electron chi connectivity index (χ2n) is 5.35. The predicted octanol–water partition coefficient (Wildman–Crippen LogP) is 3.72. The average molecular weight is 419 g/mol. The molecule has 1 atom stereocenters. The zero-order valence-corrected chi connectivity index (χ0v) is 16.8. The molecule has 0 aliphatic rings. The van der Waals surface area contributed by atoms with Crippen LogP contribution in [0.4, 0.5) is 0 Å². The third-order valence-electron chi connectivity index (χ3n) is 3.66. The SMILES string of the molecule is CCCCN(C)C(=NC)NCC(C)c1ccccc1OC.I. The molecule has 0 saturated heterocycles. The Bertz CT molecular complexity index is 451. The van der Waals surface area contributed by atoms with Gasteiger partial charge in [0.1, 0.15) is 5.75 Å². The Morgan fingerprint density at radius 1 is 1.36 bits per heavy atom. The van der Waals surface area contributed by atoms with Crippen molar-refractivity contribution in [3.8, 4) is 5.75 Å². The molecule has 0 heterocycles. The largest absolute Gasteiger partial charge is 0.496 e. The van der Waals surface area contributed by atoms with Gasteiger partial charge >= 0.3 is 0 Å². The van der Waals surface area contributed by atoms with E-state index in [1.807, 2.05) is 19.2 Å². The minimum absolute atomic E-state index is 0. The molecule has 0 radical (unpaired) electrons. The second kappa shape index (κ2) is 11.6. The maximum absolute atomic E-state index is 5.43. The lowest BCUT2D eigenvalue weighted by Gasteiger charge is -2.24. The van der Waals surface area contributed by atoms with Crippen LogP contribution in [-0.2, 0) is 0 Å². The lowest BCUT2D eigenvalue weighted by Crippen LogP contribution is -2.40. The van der Waals surface area contributed by atoms with Crippen LogP contribution in [0.3, 0.4) is 0 Å². The molecule has 0 spiro atoms. The van der Waals surface area contributed by atoms with Crippen LogP contribution >= 0.6 is 24.0 Å². The number of hydrogen-bond donors (Lipinski definition) is 1. The zero-order chi connectivity index (χ0) is 15.7. The Hall–Kier alpha value is -0.980. The minimum Gasteiger partial charge on any atom is -0.496 e. The fourth-order valence-corrected chi connectivity index (χ4v) is 2.31. The number of halogens is 1. The number of unbranched alkanes of at least 4 members (excludes halogenated alkanes) is 1. The summed E-state index contributed by atoms with van der Waals surface area (Å²) in [6.45, 7) is 6.26. The molecule has 5 heteroatoms. The Labute approximate surface area is 152 Å². The molecule has 1 aromatic rings. The third kappa shape index (κ3) is 6.42. The first-order valence-corrected chi connectivity index (χ1v) is 7.68. The van der Waals surface area contributed by atoms with Gasteiger partial charge in [0.25, 0.3) is 0 Å². The first-order chi connectivity index (χ1) is 10.1. The summed E-state index contributed by atoms with van der Waals surface area (Å²) in [4.78, 5) is 6.53. The summed E-state index contributed by atoms with van der Waals surface area (Å²) in [6, 6.07) is 8.18. The molecule has 0 fully saturated rings. The van der Waals surface area contributed by atoms with E-state index in [4.69, 9.17) is 4.74 Å². The number of nitrogens with zero attached hydrogens (tertiary/aromatic N) is 2. The first kappa shape index (κ1) is 21.0. The van der Waals surface area contributed by atoms with Crippen LogP contribution in [0.5, 0.6) is 5.75 Å². The summed E-state index contributed by atoms with van der Waals surface area (Å²) in [7, 11) is 5.63. The molecule has 0 aliphatic carbocycles. The summed E-state index contributed by atoms with van der Waals surface area (Å²) >= 11 is 0. The van der Waals surface area contributed by atoms with Crippen molar-refractivity contribution < 1.29 is 4.74 Å². The van der Waals surface area contributed by atoms with Crippen molar-refractivity contribution in [3.05, 3.63) is 29.8 Å². The van der Waals surface area contributed by atoms with Crippen LogP contribution in [0.25, 0.3) is 0 Å². The van der Waals surface area contributed by atoms with Crippen LogP contribution in [0.1, 0.15) is 38.2 Å². The molecule has 0 aromatic heterocycles. The lowest BCUT2D eigenvalue weighted by molar-refractivity contribution is 0.405. The number of para-hydroxylation sites is 1. The van der Waals surface area contributed by atoms with Gasteiger partial charge in [-0.25, -0.2) is 0 Å². The number of benzene rings is 1. The summed E-state index contributed by atoms with van der Waals surface area (Å²) in [6.07, 6.45) is 2.37. The van der Waals surface area contributed by atoms with Crippen LogP contribution in [-0.4, -0.2) is 45.2 Å². The molecule has 0 saturated carbocycles. The van der Waals surface area contributed by atoms with E-state index >= 15 is 0 Å². The highest BCUT2D eigenvalue weighted by molar-refractivity contribution is 14.0. The fraction of sp³-hybridized carbons (Fsp3) is 0.588. The van der Waals surface area contributed by atoms with E-state index in [1.165, 1.54) is 18.4 Å². The summed E-state index contributed by atoms with van der Waals surface area (Å²) in [5.74, 6) is 2.25. The maximum Gasteiger partial charge on any atom is 0.193 e. The van der Waals surface area contributed by atoms with Gasteiger partial charge in [-0.15, -0.1) is 24.0 Å². The highest BCUT2D eigenvalue weighted by Gasteiger charge is 2.12. The molecular formula is C17H30IN3O. The molecule has 126 valence electrons. The smallest absolute Gasteiger partial charge is 0.193 e. The van der Waals surface area contributed by atoms with Gasteiger partial charge in [-0.1, -0.05) is 38.5 Å². The average Bonchev–Trinajstić information content (AvgIpc) is 2.53. The van der Waals surface area contributed by atoms with E-state index < -0.39 is 0 Å². The number of methoxy groups -OCH3 is 1. The van der Waals surface area contributed by atoms with E-state index in [2.05, 4.69) is 48.2 Å². The van der Waals surface area contributed by atoms with Crippen LogP contribution in [0.2, 0.25) is 0 Å². The predicted molar refractivity (Wildman–Crippen MR) is 106 cm³/mol. The summed E-state index contributed by atoms with van der Waals surface area (Å²) < 4.78 is 5.43. The lowest BCUT2D eigenvalue weighted by atomic mass is 10.0. The van der Waals surface area contributed by atoms with Crippen molar-refractivity contribution in [2.75, 3.05) is 34.3 Å². The van der Waals surface area contributed by atoms with Gasteiger partial charge in [0.2, 0.25) is 0 Å². The van der Waals surface area contributed by atoms with Gasteiger partial charge in [0.05, 0.1) is 7.11 Å². The van der Waals surface area contributed by atoms with Gasteiger partial charge in [-0.2, -0.15) is 0 Å². The van der Waals surface area contributed by atoms with Gasteiger partial charge in [0.15, 0.2) is 5.96 Å². The standard InChI is InChI=1S/C17H29N3O.HI/c1-6-7-12-20(4)17(18-3)19-13-14(2)15-10-8-9-11-16(15)21-5;/h8-11,14H,6-7,12-13H2,1-5H3,(H,18,19);1H. The van der Waals surface area contributed by atoms with Gasteiger partial charge < -0.3 is 15.0 Å². The van der Waals surface area contributed by atoms with Gasteiger partial charge in [0, 0.05) is 33.1 Å². The van der Waals surface area contributed by atoms with Crippen molar-refractivity contribution in [1.82, 2.24) is 10.2 Å². The summed E-state index contributed by atoms with van der Waals surface area (Å²) in [5.41, 5.74) is 1.22. The van der Waals surface area contributed by atoms with Gasteiger partial charge in [-0.3, -0.25) is 4.99 Å². The number of rotatable bonds is 7. The van der Waals surface area contributed by atoms with Crippen molar-refractivity contribution in [3.63, 3.8) is 0 Å². The van der Waals surface area contributed by atoms with E-state index in [-0.39, 0.29) is 24.0 Å². The highest BCUT2D eigenvalue weighted by atomic mass is 127. The second-order valence-corrected chi connectivity index (χ2v) is 5.35. The number of ether oxygens (including phenoxy) is 1. The number of guanidine groups is 1. The van der Waals surface area contributed by atoms with E-state index in [0.29, 0.717) is 5.92 Å². The van der Waals surface area contributed by atoms with E-state index in [9.17, 15) is 0 Å². The molecule has 0 amide bonds. The molecule has 4 nitrogen and oxygen atoms in total. The molecule has 1 aromatic carbocycles. The van der Waals surface area contributed by atoms with Crippen LogP contribution in [0, 0.1) is 0 Å². The van der Waals surface area contributed by atoms with Crippen molar-refractivity contribution in [2.24, 2.45) is 4.99 Å². The molecule has 1 rings (SSSR count). The first-order valence-electron chi connectivity index (χ1n) is 7.68. The van der Waals surface area contributed by atoms with Crippen LogP contribution < -0.4 is 10.1 Å². The zero-order valence-electron chi connectivity index (χ0n) is 14.4. The monoisotopic (exact) mass is 419 g/mol. The van der Waals surface area contributed by atoms with Crippen molar-refractivity contribution in [1.29, 1.82) is 0 Å². The Morgan fingerprint density at radius 2 is 2.05 bits per heavy atom. The molecule has 0 bridgehead atoms. The molecule has 1 unspecified atom stereocenters. The Morgan fingerprint density at radius 3 is 2.64 bits per heavy atom. The van der Waals surface area contributed by atoms with Crippen molar-refractivity contribution in [2.45, 2.75) is 32.6 Å². The number of aliphatic imine (C=N–C) groups is 1. The fourth-order valence-electron chi connectivity index (χ4n) is 2.31. The Kier molecular flexibility index (Phi) is 11.1. The summed E-state index contributed by atoms with van der Waals surface area (Å²) in [5, 5.41) is 3.45. The van der Waals surface area contributed by atoms with Crippen LogP contribution in [0.15, 0.2) is 29.3 Å². The highest BCUT2D eigenvalue weighted by Crippen LogP contribution is 2.25. The van der Waals surface area contributed by atoms with Crippen molar-refractivity contribution >= 4 is 29.9 Å². The molecule has 1 N–H and O–H groups in total. The molecular weight excluding hydrogens is 389 g/mol. The number of hydrogen-bond acceptors (Lipinski definition) is 2.